The molecule has 0 saturated carbocycles. The Kier molecular flexibility index (Phi) is 6.46. The molecule has 3 N–H and O–H groups in total. The van der Waals surface area contributed by atoms with Crippen LogP contribution in [-0.2, 0) is 11.2 Å². The predicted molar refractivity (Wildman–Crippen MR) is 118 cm³/mol. The number of alkyl halides is 1. The van der Waals surface area contributed by atoms with Crippen molar-refractivity contribution in [3.63, 3.8) is 0 Å². The van der Waals surface area contributed by atoms with Gasteiger partial charge in [-0.1, -0.05) is 11.6 Å². The molecule has 7 nitrogen and oxygen atoms in total. The van der Waals surface area contributed by atoms with Gasteiger partial charge in [-0.15, -0.1) is 0 Å². The van der Waals surface area contributed by atoms with E-state index in [2.05, 4.69) is 5.32 Å². The summed E-state index contributed by atoms with van der Waals surface area (Å²) in [5.74, 6) is 0.621. The Morgan fingerprint density at radius 1 is 1.41 bits per heavy atom. The van der Waals surface area contributed by atoms with Crippen LogP contribution in [0.5, 0.6) is 17.2 Å². The van der Waals surface area contributed by atoms with Crippen LogP contribution in [0.2, 0.25) is 5.02 Å². The van der Waals surface area contributed by atoms with Crippen molar-refractivity contribution in [3.8, 4) is 17.2 Å². The number of phenols is 1. The minimum Gasteiger partial charge on any atom is -0.508 e. The Balaban J connectivity index is 1.31. The molecule has 9 heteroatoms. The molecule has 1 spiro atoms. The summed E-state index contributed by atoms with van der Waals surface area (Å²) in [4.78, 5) is 13.2. The largest absolute Gasteiger partial charge is 0.508 e. The van der Waals surface area contributed by atoms with Crippen molar-refractivity contribution in [3.05, 3.63) is 47.0 Å². The number of β-amino-alcohol motifs (C(OH)–C–C–N with tert-alkyl or cyclic N) is 1. The van der Waals surface area contributed by atoms with Gasteiger partial charge in [0.25, 0.3) is 0 Å². The summed E-state index contributed by atoms with van der Waals surface area (Å²) in [7, 11) is 0. The standard InChI is InChI=1S/C23H26ClFN2O5/c1-14(28)26-19-4-3-17(29)9-21(19)31-13-18(30)11-27-7-6-23(22(25)12-27)10-15-8-16(24)2-5-20(15)32-23/h2-5,8-9,18,22,29-30H,6-7,10-13H2,1H3,(H,26,28)/t18-,22?,23?/m0/s1. The van der Waals surface area contributed by atoms with E-state index in [1.165, 1.54) is 25.1 Å². The highest BCUT2D eigenvalue weighted by atomic mass is 35.5. The maximum absolute atomic E-state index is 15.2. The van der Waals surface area contributed by atoms with Crippen LogP contribution in [-0.4, -0.2) is 65.1 Å². The molecular weight excluding hydrogens is 439 g/mol. The van der Waals surface area contributed by atoms with Crippen molar-refractivity contribution >= 4 is 23.2 Å². The SMILES string of the molecule is CC(=O)Nc1ccc(O)cc1OC[C@@H](O)CN1CCC2(Cc3cc(Cl)ccc3O2)C(F)C1. The lowest BCUT2D eigenvalue weighted by Gasteiger charge is -2.41. The molecule has 2 heterocycles. The third-order valence-electron chi connectivity index (χ3n) is 5.84. The molecule has 3 atom stereocenters. The predicted octanol–water partition coefficient (Wildman–Crippen LogP) is 3.16. The number of hydrogen-bond donors (Lipinski definition) is 3. The van der Waals surface area contributed by atoms with Crippen LogP contribution in [0.1, 0.15) is 18.9 Å². The van der Waals surface area contributed by atoms with Crippen LogP contribution < -0.4 is 14.8 Å². The summed E-state index contributed by atoms with van der Waals surface area (Å²) in [6, 6.07) is 9.65. The number of carbonyl (C=O) groups is 1. The van der Waals surface area contributed by atoms with E-state index in [0.717, 1.165) is 5.56 Å². The second kappa shape index (κ2) is 9.13. The van der Waals surface area contributed by atoms with Crippen LogP contribution in [0.4, 0.5) is 10.1 Å². The van der Waals surface area contributed by atoms with Gasteiger partial charge in [0.05, 0.1) is 5.69 Å². The fourth-order valence-corrected chi connectivity index (χ4v) is 4.49. The zero-order valence-electron chi connectivity index (χ0n) is 17.7. The van der Waals surface area contributed by atoms with E-state index in [-0.39, 0.29) is 37.1 Å². The summed E-state index contributed by atoms with van der Waals surface area (Å²) in [5.41, 5.74) is 0.423. The number of nitrogens with one attached hydrogen (secondary N) is 1. The maximum atomic E-state index is 15.2. The van der Waals surface area contributed by atoms with Gasteiger partial charge in [-0.25, -0.2) is 4.39 Å². The zero-order valence-corrected chi connectivity index (χ0v) is 18.4. The Morgan fingerprint density at radius 3 is 2.97 bits per heavy atom. The molecule has 2 aliphatic rings. The van der Waals surface area contributed by atoms with E-state index in [1.54, 1.807) is 12.1 Å². The van der Waals surface area contributed by atoms with Gasteiger partial charge in [-0.3, -0.25) is 9.69 Å². The molecule has 0 radical (unpaired) electrons. The number of ether oxygens (including phenoxy) is 2. The Labute approximate surface area is 190 Å². The molecule has 2 aromatic carbocycles. The van der Waals surface area contributed by atoms with E-state index in [0.29, 0.717) is 35.8 Å². The second-order valence-corrected chi connectivity index (χ2v) is 8.84. The van der Waals surface area contributed by atoms with Crippen molar-refractivity contribution in [2.24, 2.45) is 0 Å². The van der Waals surface area contributed by atoms with Crippen LogP contribution in [0.3, 0.4) is 0 Å². The number of aliphatic hydroxyl groups is 1. The van der Waals surface area contributed by atoms with Gasteiger partial charge in [0.15, 0.2) is 6.17 Å². The number of aliphatic hydroxyl groups excluding tert-OH is 1. The number of benzene rings is 2. The highest BCUT2D eigenvalue weighted by molar-refractivity contribution is 6.30. The number of fused-ring (bicyclic) bond motifs is 1. The van der Waals surface area contributed by atoms with Crippen LogP contribution in [0, 0.1) is 0 Å². The number of phenolic OH excluding ortho intramolecular Hbond substituents is 1. The lowest BCUT2D eigenvalue weighted by Crippen LogP contribution is -2.57. The highest BCUT2D eigenvalue weighted by Gasteiger charge is 2.49. The van der Waals surface area contributed by atoms with Gasteiger partial charge >= 0.3 is 0 Å². The topological polar surface area (TPSA) is 91.3 Å². The summed E-state index contributed by atoms with van der Waals surface area (Å²) in [6.07, 6.45) is -1.13. The highest BCUT2D eigenvalue weighted by Crippen LogP contribution is 2.43. The monoisotopic (exact) mass is 464 g/mol. The van der Waals surface area contributed by atoms with Crippen molar-refractivity contribution in [1.82, 2.24) is 4.90 Å². The van der Waals surface area contributed by atoms with Gasteiger partial charge in [0.1, 0.15) is 35.6 Å². The minimum atomic E-state index is -1.21. The fourth-order valence-electron chi connectivity index (χ4n) is 4.29. The molecule has 4 rings (SSSR count). The molecule has 2 aromatic rings. The molecule has 1 amide bonds. The molecular formula is C23H26ClFN2O5. The second-order valence-electron chi connectivity index (χ2n) is 8.40. The van der Waals surface area contributed by atoms with E-state index in [1.807, 2.05) is 11.0 Å². The van der Waals surface area contributed by atoms with Crippen molar-refractivity contribution in [2.45, 2.75) is 37.6 Å². The van der Waals surface area contributed by atoms with Crippen LogP contribution in [0.15, 0.2) is 36.4 Å². The third kappa shape index (κ3) is 4.92. The third-order valence-corrected chi connectivity index (χ3v) is 6.08. The molecule has 0 aromatic heterocycles. The zero-order chi connectivity index (χ0) is 22.9. The first-order valence-corrected chi connectivity index (χ1v) is 10.9. The molecule has 1 saturated heterocycles. The number of anilines is 1. The molecule has 172 valence electrons. The average molecular weight is 465 g/mol. The van der Waals surface area contributed by atoms with E-state index >= 15 is 4.39 Å². The van der Waals surface area contributed by atoms with Gasteiger partial charge in [-0.2, -0.15) is 0 Å². The fraction of sp³-hybridized carbons (Fsp3) is 0.435. The van der Waals surface area contributed by atoms with Gasteiger partial charge in [-0.05, 0) is 35.9 Å². The molecule has 2 aliphatic heterocycles. The number of amides is 1. The van der Waals surface area contributed by atoms with Crippen LogP contribution >= 0.6 is 11.6 Å². The number of likely N-dealkylation sites (tertiary alicyclic amines) is 1. The Hall–Kier alpha value is -2.55. The minimum absolute atomic E-state index is 0.0240. The number of rotatable bonds is 6. The smallest absolute Gasteiger partial charge is 0.221 e. The average Bonchev–Trinajstić information content (AvgIpc) is 3.09. The summed E-state index contributed by atoms with van der Waals surface area (Å²) >= 11 is 6.05. The molecule has 32 heavy (non-hydrogen) atoms. The lowest BCUT2D eigenvalue weighted by molar-refractivity contribution is -0.114. The first-order valence-electron chi connectivity index (χ1n) is 10.5. The lowest BCUT2D eigenvalue weighted by atomic mass is 9.85. The van der Waals surface area contributed by atoms with E-state index < -0.39 is 17.9 Å². The Bertz CT molecular complexity index is 1010. The van der Waals surface area contributed by atoms with Gasteiger partial charge in [0.2, 0.25) is 5.91 Å². The van der Waals surface area contributed by atoms with Crippen LogP contribution in [0.25, 0.3) is 0 Å². The van der Waals surface area contributed by atoms with Crippen molar-refractivity contribution in [1.29, 1.82) is 0 Å². The quantitative estimate of drug-likeness (QED) is 0.569. The maximum Gasteiger partial charge on any atom is 0.221 e. The van der Waals surface area contributed by atoms with E-state index in [9.17, 15) is 15.0 Å². The molecule has 0 aliphatic carbocycles. The number of piperidine rings is 1. The normalized spacial score (nSPS) is 23.4. The number of carbonyl (C=O) groups excluding carboxylic acids is 1. The summed E-state index contributed by atoms with van der Waals surface area (Å²) in [5, 5.41) is 23.3. The molecule has 0 bridgehead atoms. The summed E-state index contributed by atoms with van der Waals surface area (Å²) in [6.45, 7) is 2.23. The number of aromatic hydroxyl groups is 1. The van der Waals surface area contributed by atoms with Crippen molar-refractivity contribution < 1.29 is 28.9 Å². The van der Waals surface area contributed by atoms with Gasteiger partial charge in [0, 0.05) is 50.5 Å². The van der Waals surface area contributed by atoms with Crippen molar-refractivity contribution in [2.75, 3.05) is 31.6 Å². The first kappa shape index (κ1) is 22.6. The van der Waals surface area contributed by atoms with Gasteiger partial charge < -0.3 is 25.0 Å². The number of halogens is 2. The molecule has 2 unspecified atom stereocenters. The number of nitrogens with zero attached hydrogens (tertiary/aromatic N) is 1. The Morgan fingerprint density at radius 2 is 2.22 bits per heavy atom. The molecule has 1 fully saturated rings. The van der Waals surface area contributed by atoms with E-state index in [4.69, 9.17) is 21.1 Å². The first-order chi connectivity index (χ1) is 15.2. The summed E-state index contributed by atoms with van der Waals surface area (Å²) < 4.78 is 26.8. The number of hydrogen-bond acceptors (Lipinski definition) is 6.